The van der Waals surface area contributed by atoms with E-state index in [1.54, 1.807) is 0 Å². The predicted molar refractivity (Wildman–Crippen MR) is 31.8 cm³/mol. The molecule has 0 saturated carbocycles. The lowest BCUT2D eigenvalue weighted by atomic mass is 9.65. The molecule has 0 aromatic carbocycles. The summed E-state index contributed by atoms with van der Waals surface area (Å²) in [6.45, 7) is 0. The molecule has 0 bridgehead atoms. The molecular formula is C3H2B2NO2. The first-order valence-electron chi connectivity index (χ1n) is 1.89. The van der Waals surface area contributed by atoms with Gasteiger partial charge in [0, 0.05) is 5.58 Å². The first-order valence-corrected chi connectivity index (χ1v) is 1.89. The number of carbonyl (C=O) groups is 1. The summed E-state index contributed by atoms with van der Waals surface area (Å²) in [6.07, 6.45) is 0.935. The highest BCUT2D eigenvalue weighted by Crippen LogP contribution is 1.71. The minimum atomic E-state index is -0.593. The average Bonchev–Trinajstić information content (AvgIpc) is 1.66. The van der Waals surface area contributed by atoms with Crippen LogP contribution in [0.25, 0.3) is 0 Å². The summed E-state index contributed by atoms with van der Waals surface area (Å²) in [7, 11) is 5.69. The summed E-state index contributed by atoms with van der Waals surface area (Å²) in [5, 5.41) is 2.34. The van der Waals surface area contributed by atoms with Crippen molar-refractivity contribution in [2.45, 2.75) is 0 Å². The van der Waals surface area contributed by atoms with Gasteiger partial charge in [-0.2, -0.15) is 0 Å². The van der Waals surface area contributed by atoms with Crippen LogP contribution in [0.1, 0.15) is 0 Å². The molecule has 0 unspecified atom stereocenters. The van der Waals surface area contributed by atoms with Crippen molar-refractivity contribution in [2.24, 2.45) is 5.18 Å². The Morgan fingerprint density at radius 2 is 2.38 bits per heavy atom. The molecule has 0 fully saturated rings. The van der Waals surface area contributed by atoms with Gasteiger partial charge in [-0.25, -0.2) is 0 Å². The molecule has 0 aliphatic heterocycles. The van der Waals surface area contributed by atoms with Crippen molar-refractivity contribution in [1.29, 1.82) is 0 Å². The van der Waals surface area contributed by atoms with Crippen molar-refractivity contribution >= 4 is 20.7 Å². The quantitative estimate of drug-likeness (QED) is 0.381. The van der Waals surface area contributed by atoms with Crippen LogP contribution in [-0.2, 0) is 0 Å². The molecule has 0 aliphatic carbocycles. The molecule has 0 saturated heterocycles. The van der Waals surface area contributed by atoms with Crippen LogP contribution < -0.4 is 0 Å². The maximum absolute atomic E-state index is 9.85. The molecule has 0 rings (SSSR count). The van der Waals surface area contributed by atoms with E-state index in [1.165, 1.54) is 5.98 Å². The Morgan fingerprint density at radius 3 is 2.75 bits per heavy atom. The molecule has 0 N–H and O–H groups in total. The van der Waals surface area contributed by atoms with E-state index in [2.05, 4.69) is 13.0 Å². The molecule has 37 valence electrons. The van der Waals surface area contributed by atoms with E-state index in [4.69, 9.17) is 0 Å². The smallest absolute Gasteiger partial charge is 0.217 e. The van der Waals surface area contributed by atoms with Gasteiger partial charge >= 0.3 is 0 Å². The summed E-state index contributed by atoms with van der Waals surface area (Å²) in [5.74, 6) is 1.18. The largest absolute Gasteiger partial charge is 0.324 e. The zero-order chi connectivity index (χ0) is 6.41. The Bertz CT molecular complexity index is 122. The number of hydrogen-bond acceptors (Lipinski definition) is 3. The van der Waals surface area contributed by atoms with Gasteiger partial charge in [-0.1, -0.05) is 5.98 Å². The van der Waals surface area contributed by atoms with Crippen LogP contribution >= 0.6 is 0 Å². The fourth-order valence-corrected chi connectivity index (χ4v) is 0.173. The molecule has 8 heavy (non-hydrogen) atoms. The monoisotopic (exact) mass is 106 g/mol. The van der Waals surface area contributed by atoms with Crippen molar-refractivity contribution in [3.8, 4) is 0 Å². The SMILES string of the molecule is [B]C(=O)[B]/C=C\N=O. The van der Waals surface area contributed by atoms with E-state index in [-0.39, 0.29) is 0 Å². The molecule has 0 aromatic rings. The maximum Gasteiger partial charge on any atom is 0.217 e. The highest BCUT2D eigenvalue weighted by molar-refractivity contribution is 6.98. The lowest BCUT2D eigenvalue weighted by Gasteiger charge is -1.74. The Kier molecular flexibility index (Phi) is 3.84. The van der Waals surface area contributed by atoms with Gasteiger partial charge in [0.1, 0.15) is 0 Å². The van der Waals surface area contributed by atoms with Gasteiger partial charge in [0.05, 0.1) is 6.20 Å². The summed E-state index contributed by atoms with van der Waals surface area (Å²) < 4.78 is 0. The van der Waals surface area contributed by atoms with Crippen LogP contribution in [-0.4, -0.2) is 20.7 Å². The van der Waals surface area contributed by atoms with Crippen LogP contribution in [0.15, 0.2) is 17.4 Å². The van der Waals surface area contributed by atoms with Crippen molar-refractivity contribution in [3.05, 3.63) is 17.1 Å². The van der Waals surface area contributed by atoms with E-state index in [9.17, 15) is 9.70 Å². The topological polar surface area (TPSA) is 46.5 Å². The van der Waals surface area contributed by atoms with Crippen LogP contribution in [0.3, 0.4) is 0 Å². The van der Waals surface area contributed by atoms with Gasteiger partial charge in [-0.05, 0) is 5.18 Å². The number of carbonyl (C=O) groups excluding carboxylic acids is 1. The minimum Gasteiger partial charge on any atom is -0.324 e. The summed E-state index contributed by atoms with van der Waals surface area (Å²) in [6, 6.07) is 0. The minimum absolute atomic E-state index is 0.593. The number of nitrogens with zero attached hydrogens (tertiary/aromatic N) is 1. The molecule has 0 atom stereocenters. The van der Waals surface area contributed by atoms with E-state index >= 15 is 0 Å². The Labute approximate surface area is 48.8 Å². The number of rotatable bonds is 3. The highest BCUT2D eigenvalue weighted by Gasteiger charge is 1.86. The molecule has 5 heteroatoms. The van der Waals surface area contributed by atoms with Gasteiger partial charge < -0.3 is 4.79 Å². The molecule has 0 heterocycles. The van der Waals surface area contributed by atoms with Crippen LogP contribution in [0.4, 0.5) is 4.79 Å². The lowest BCUT2D eigenvalue weighted by molar-refractivity contribution is 0.274. The van der Waals surface area contributed by atoms with Gasteiger partial charge in [-0.15, -0.1) is 4.91 Å². The Morgan fingerprint density at radius 1 is 1.75 bits per heavy atom. The first-order chi connectivity index (χ1) is 3.77. The average molecular weight is 106 g/mol. The number of hydrogen-bond donors (Lipinski definition) is 0. The predicted octanol–water partition coefficient (Wildman–Crippen LogP) is 0.217. The second-order valence-electron chi connectivity index (χ2n) is 1.02. The molecule has 0 aliphatic rings. The zero-order valence-electron chi connectivity index (χ0n) is 4.07. The van der Waals surface area contributed by atoms with Gasteiger partial charge in [-0.3, -0.25) is 0 Å². The first kappa shape index (κ1) is 7.14. The summed E-state index contributed by atoms with van der Waals surface area (Å²) in [5.41, 5.74) is -0.593. The molecule has 0 spiro atoms. The molecular weight excluding hydrogens is 104 g/mol. The summed E-state index contributed by atoms with van der Waals surface area (Å²) >= 11 is 0. The van der Waals surface area contributed by atoms with Gasteiger partial charge in [0.15, 0.2) is 7.85 Å². The standard InChI is InChI=1S/C3H2B2NO2/c4-3(7)5-1-2-6-8/h1-2H/b2-1-. The van der Waals surface area contributed by atoms with E-state index in [0.717, 1.165) is 13.5 Å². The van der Waals surface area contributed by atoms with Crippen molar-refractivity contribution in [1.82, 2.24) is 0 Å². The van der Waals surface area contributed by atoms with Crippen LogP contribution in [0, 0.1) is 4.91 Å². The second-order valence-corrected chi connectivity index (χ2v) is 1.02. The maximum atomic E-state index is 9.85. The van der Waals surface area contributed by atoms with E-state index in [1.807, 2.05) is 0 Å². The third kappa shape index (κ3) is 5.14. The lowest BCUT2D eigenvalue weighted by Crippen LogP contribution is -2.01. The molecule has 3 radical (unpaired) electrons. The van der Waals surface area contributed by atoms with E-state index in [0.29, 0.717) is 0 Å². The van der Waals surface area contributed by atoms with Gasteiger partial charge in [0.25, 0.3) is 0 Å². The third-order valence-corrected chi connectivity index (χ3v) is 0.407. The Hall–Kier alpha value is -0.860. The van der Waals surface area contributed by atoms with E-state index < -0.39 is 5.58 Å². The van der Waals surface area contributed by atoms with Crippen molar-refractivity contribution < 1.29 is 4.79 Å². The molecule has 0 amide bonds. The van der Waals surface area contributed by atoms with Crippen molar-refractivity contribution in [2.75, 3.05) is 0 Å². The fraction of sp³-hybridized carbons (Fsp3) is 0. The normalized spacial score (nSPS) is 9.00. The third-order valence-electron chi connectivity index (χ3n) is 0.407. The molecule has 0 aromatic heterocycles. The van der Waals surface area contributed by atoms with Crippen LogP contribution in [0.2, 0.25) is 0 Å². The fourth-order valence-electron chi connectivity index (χ4n) is 0.173. The number of nitroso groups, excluding NO2 is 1. The molecule has 3 nitrogen and oxygen atoms in total. The Balaban J connectivity index is 3.29. The zero-order valence-corrected chi connectivity index (χ0v) is 4.07. The second kappa shape index (κ2) is 4.30. The van der Waals surface area contributed by atoms with Crippen molar-refractivity contribution in [3.63, 3.8) is 0 Å². The summed E-state index contributed by atoms with van der Waals surface area (Å²) in [4.78, 5) is 19.1. The van der Waals surface area contributed by atoms with Crippen LogP contribution in [0.5, 0.6) is 0 Å². The van der Waals surface area contributed by atoms with Gasteiger partial charge in [0.2, 0.25) is 7.28 Å². The highest BCUT2D eigenvalue weighted by atomic mass is 16.2.